The molecule has 4 nitrogen and oxygen atoms in total. The Morgan fingerprint density at radius 3 is 2.04 bits per heavy atom. The summed E-state index contributed by atoms with van der Waals surface area (Å²) < 4.78 is 0. The van der Waals surface area contributed by atoms with Crippen LogP contribution in [0.5, 0.6) is 0 Å². The first-order chi connectivity index (χ1) is 13.0. The molecule has 0 fully saturated rings. The van der Waals surface area contributed by atoms with Crippen molar-refractivity contribution in [1.29, 1.82) is 0 Å². The van der Waals surface area contributed by atoms with Crippen LogP contribution in [-0.4, -0.2) is 36.9 Å². The summed E-state index contributed by atoms with van der Waals surface area (Å²) >= 11 is 4.45. The highest BCUT2D eigenvalue weighted by molar-refractivity contribution is 7.80. The van der Waals surface area contributed by atoms with Crippen molar-refractivity contribution >= 4 is 35.1 Å². The molecule has 0 spiro atoms. The Bertz CT molecular complexity index is 688. The maximum atomic E-state index is 10.1. The Morgan fingerprint density at radius 1 is 0.889 bits per heavy atom. The van der Waals surface area contributed by atoms with Gasteiger partial charge in [0.25, 0.3) is 0 Å². The Morgan fingerprint density at radius 2 is 1.44 bits per heavy atom. The second-order valence-corrected chi connectivity index (χ2v) is 7.37. The van der Waals surface area contributed by atoms with Gasteiger partial charge in [-0.1, -0.05) is 56.4 Å². The molecule has 5 heteroatoms. The molecule has 2 aromatic rings. The van der Waals surface area contributed by atoms with Crippen molar-refractivity contribution in [1.82, 2.24) is 0 Å². The van der Waals surface area contributed by atoms with Crippen molar-refractivity contribution in [2.45, 2.75) is 56.3 Å². The SMILES string of the molecule is CN(C)c1cccc2c(S)cccc12.O=C(O)CCCCCCCCCO. The number of aliphatic hydroxyl groups is 1. The van der Waals surface area contributed by atoms with Crippen LogP contribution in [-0.2, 0) is 4.79 Å². The Hall–Kier alpha value is -1.72. The van der Waals surface area contributed by atoms with Crippen molar-refractivity contribution < 1.29 is 15.0 Å². The van der Waals surface area contributed by atoms with Gasteiger partial charge in [-0.05, 0) is 30.4 Å². The fourth-order valence-electron chi connectivity index (χ4n) is 2.94. The summed E-state index contributed by atoms with van der Waals surface area (Å²) in [6.07, 6.45) is 7.56. The number of nitrogens with zero attached hydrogens (tertiary/aromatic N) is 1. The number of hydrogen-bond donors (Lipinski definition) is 3. The van der Waals surface area contributed by atoms with Crippen LogP contribution in [0.4, 0.5) is 5.69 Å². The van der Waals surface area contributed by atoms with Crippen LogP contribution >= 0.6 is 12.6 Å². The molecule has 0 unspecified atom stereocenters. The molecule has 0 heterocycles. The van der Waals surface area contributed by atoms with Crippen LogP contribution in [0.2, 0.25) is 0 Å². The van der Waals surface area contributed by atoms with E-state index in [0.717, 1.165) is 43.4 Å². The molecule has 0 aromatic heterocycles. The van der Waals surface area contributed by atoms with Gasteiger partial charge >= 0.3 is 5.97 Å². The summed E-state index contributed by atoms with van der Waals surface area (Å²) in [6.45, 7) is 0.291. The van der Waals surface area contributed by atoms with Gasteiger partial charge in [-0.25, -0.2) is 0 Å². The number of aliphatic carboxylic acids is 1. The van der Waals surface area contributed by atoms with E-state index in [-0.39, 0.29) is 0 Å². The summed E-state index contributed by atoms with van der Waals surface area (Å²) in [6, 6.07) is 12.5. The number of carboxylic acids is 1. The van der Waals surface area contributed by atoms with E-state index >= 15 is 0 Å². The largest absolute Gasteiger partial charge is 0.481 e. The molecular weight excluding hydrogens is 358 g/mol. The second kappa shape index (κ2) is 13.4. The molecule has 0 atom stereocenters. The van der Waals surface area contributed by atoms with E-state index in [9.17, 15) is 4.79 Å². The number of thiol groups is 1. The number of unbranched alkanes of at least 4 members (excludes halogenated alkanes) is 6. The molecule has 0 saturated carbocycles. The summed E-state index contributed by atoms with van der Waals surface area (Å²) in [5.41, 5.74) is 1.23. The zero-order valence-electron chi connectivity index (χ0n) is 16.5. The molecule has 2 aromatic carbocycles. The quantitative estimate of drug-likeness (QED) is 0.376. The number of aliphatic hydroxyl groups excluding tert-OH is 1. The van der Waals surface area contributed by atoms with Gasteiger partial charge in [-0.15, -0.1) is 12.6 Å². The van der Waals surface area contributed by atoms with Crippen LogP contribution in [0, 0.1) is 0 Å². The lowest BCUT2D eigenvalue weighted by Crippen LogP contribution is -2.08. The number of benzene rings is 2. The fraction of sp³-hybridized carbons (Fsp3) is 0.500. The minimum Gasteiger partial charge on any atom is -0.481 e. The molecule has 0 radical (unpaired) electrons. The average molecular weight is 392 g/mol. The molecule has 0 aliphatic rings. The van der Waals surface area contributed by atoms with E-state index in [2.05, 4.69) is 55.9 Å². The number of anilines is 1. The van der Waals surface area contributed by atoms with E-state index in [1.165, 1.54) is 22.9 Å². The zero-order chi connectivity index (χ0) is 20.1. The van der Waals surface area contributed by atoms with Crippen LogP contribution in [0.15, 0.2) is 41.3 Å². The van der Waals surface area contributed by atoms with Crippen molar-refractivity contribution in [3.05, 3.63) is 36.4 Å². The predicted molar refractivity (Wildman–Crippen MR) is 117 cm³/mol. The lowest BCUT2D eigenvalue weighted by atomic mass is 10.1. The standard InChI is InChI=1S/C12H13NS.C10H20O3/c1-13(2)11-7-3-6-10-9(11)5-4-8-12(10)14;11-9-7-5-3-1-2-4-6-8-10(12)13/h3-8,14H,1-2H3;11H,1-9H2,(H,12,13). The highest BCUT2D eigenvalue weighted by Crippen LogP contribution is 2.29. The summed E-state index contributed by atoms with van der Waals surface area (Å²) in [5, 5.41) is 19.3. The van der Waals surface area contributed by atoms with Gasteiger partial charge in [0.05, 0.1) is 0 Å². The van der Waals surface area contributed by atoms with E-state index in [1.807, 2.05) is 12.1 Å². The minimum atomic E-state index is -0.694. The van der Waals surface area contributed by atoms with Crippen molar-refractivity contribution in [2.75, 3.05) is 25.6 Å². The predicted octanol–water partition coefficient (Wildman–Crippen LogP) is 5.38. The first kappa shape index (κ1) is 23.3. The van der Waals surface area contributed by atoms with E-state index < -0.39 is 5.97 Å². The summed E-state index contributed by atoms with van der Waals surface area (Å²) in [4.78, 5) is 13.3. The van der Waals surface area contributed by atoms with Gasteiger partial charge in [-0.3, -0.25) is 4.79 Å². The van der Waals surface area contributed by atoms with Gasteiger partial charge < -0.3 is 15.1 Å². The number of carbonyl (C=O) groups is 1. The van der Waals surface area contributed by atoms with Gasteiger partial charge in [-0.2, -0.15) is 0 Å². The van der Waals surface area contributed by atoms with Crippen LogP contribution in [0.3, 0.4) is 0 Å². The average Bonchev–Trinajstić information content (AvgIpc) is 2.64. The van der Waals surface area contributed by atoms with Crippen LogP contribution in [0.1, 0.15) is 51.4 Å². The van der Waals surface area contributed by atoms with Crippen LogP contribution in [0.25, 0.3) is 10.8 Å². The van der Waals surface area contributed by atoms with E-state index in [1.54, 1.807) is 0 Å². The van der Waals surface area contributed by atoms with Crippen molar-refractivity contribution in [3.63, 3.8) is 0 Å². The third-order valence-corrected chi connectivity index (χ3v) is 4.80. The molecule has 27 heavy (non-hydrogen) atoms. The smallest absolute Gasteiger partial charge is 0.303 e. The van der Waals surface area contributed by atoms with E-state index in [0.29, 0.717) is 13.0 Å². The first-order valence-electron chi connectivity index (χ1n) is 9.68. The normalized spacial score (nSPS) is 10.4. The molecule has 2 N–H and O–H groups in total. The summed E-state index contributed by atoms with van der Waals surface area (Å²) in [5.74, 6) is -0.694. The maximum absolute atomic E-state index is 10.1. The molecule has 0 aliphatic carbocycles. The molecule has 2 rings (SSSR count). The molecule has 150 valence electrons. The van der Waals surface area contributed by atoms with Crippen molar-refractivity contribution in [3.8, 4) is 0 Å². The number of rotatable bonds is 10. The zero-order valence-corrected chi connectivity index (χ0v) is 17.4. The number of hydrogen-bond acceptors (Lipinski definition) is 4. The van der Waals surface area contributed by atoms with Crippen molar-refractivity contribution in [2.24, 2.45) is 0 Å². The lowest BCUT2D eigenvalue weighted by Gasteiger charge is -2.15. The topological polar surface area (TPSA) is 60.8 Å². The highest BCUT2D eigenvalue weighted by atomic mass is 32.1. The van der Waals surface area contributed by atoms with Gasteiger partial charge in [0.1, 0.15) is 0 Å². The third kappa shape index (κ3) is 9.16. The molecule has 0 saturated heterocycles. The van der Waals surface area contributed by atoms with Gasteiger partial charge in [0.15, 0.2) is 0 Å². The monoisotopic (exact) mass is 391 g/mol. The number of carboxylic acid groups (broad SMARTS) is 1. The van der Waals surface area contributed by atoms with Gasteiger partial charge in [0, 0.05) is 43.1 Å². The Kier molecular flexibility index (Phi) is 11.6. The first-order valence-corrected chi connectivity index (χ1v) is 10.1. The third-order valence-electron chi connectivity index (χ3n) is 4.41. The number of fused-ring (bicyclic) bond motifs is 1. The fourth-order valence-corrected chi connectivity index (χ4v) is 3.22. The lowest BCUT2D eigenvalue weighted by molar-refractivity contribution is -0.137. The van der Waals surface area contributed by atoms with E-state index in [4.69, 9.17) is 10.2 Å². The maximum Gasteiger partial charge on any atom is 0.303 e. The summed E-state index contributed by atoms with van der Waals surface area (Å²) in [7, 11) is 4.11. The van der Waals surface area contributed by atoms with Crippen LogP contribution < -0.4 is 4.90 Å². The Balaban J connectivity index is 0.000000271. The minimum absolute atomic E-state index is 0.291. The highest BCUT2D eigenvalue weighted by Gasteiger charge is 2.03. The molecule has 0 bridgehead atoms. The Labute approximate surface area is 168 Å². The van der Waals surface area contributed by atoms with Gasteiger partial charge in [0.2, 0.25) is 0 Å². The second-order valence-electron chi connectivity index (χ2n) is 6.89. The molecule has 0 amide bonds. The molecule has 0 aliphatic heterocycles. The molecular formula is C22H33NO3S.